The Morgan fingerprint density at radius 1 is 1.29 bits per heavy atom. The van der Waals surface area contributed by atoms with Crippen LogP contribution in [0, 0.1) is 20.8 Å². The molecule has 0 bridgehead atoms. The molecule has 0 unspecified atom stereocenters. The zero-order valence-electron chi connectivity index (χ0n) is 14.8. The molecule has 0 radical (unpaired) electrons. The van der Waals surface area contributed by atoms with Gasteiger partial charge in [0.05, 0.1) is 4.90 Å². The molecule has 1 heterocycles. The number of carbonyl (C=O) groups excluding carboxylic acids is 1. The predicted molar refractivity (Wildman–Crippen MR) is 94.5 cm³/mol. The van der Waals surface area contributed by atoms with E-state index in [-0.39, 0.29) is 24.9 Å². The van der Waals surface area contributed by atoms with Gasteiger partial charge in [0.2, 0.25) is 15.9 Å². The minimum Gasteiger partial charge on any atom is -0.337 e. The first-order valence-electron chi connectivity index (χ1n) is 8.30. The number of piperazine rings is 1. The van der Waals surface area contributed by atoms with Crippen LogP contribution in [-0.2, 0) is 14.8 Å². The highest BCUT2D eigenvalue weighted by atomic mass is 32.2. The summed E-state index contributed by atoms with van der Waals surface area (Å²) in [4.78, 5) is 14.4. The van der Waals surface area contributed by atoms with Gasteiger partial charge >= 0.3 is 0 Å². The molecule has 0 aliphatic carbocycles. The van der Waals surface area contributed by atoms with Crippen molar-refractivity contribution in [1.29, 1.82) is 0 Å². The lowest BCUT2D eigenvalue weighted by molar-refractivity contribution is -0.133. The number of benzene rings is 1. The molecule has 1 aromatic rings. The molecule has 1 amide bonds. The minimum atomic E-state index is -3.61. The van der Waals surface area contributed by atoms with Gasteiger partial charge in [-0.05, 0) is 38.8 Å². The number of carbonyl (C=O) groups is 1. The third-order valence-corrected chi connectivity index (χ3v) is 6.09. The summed E-state index contributed by atoms with van der Waals surface area (Å²) < 4.78 is 27.7. The number of nitrogens with one attached hydrogen (secondary N) is 2. The third-order valence-electron chi connectivity index (χ3n) is 4.33. The fourth-order valence-corrected chi connectivity index (χ4v) is 4.79. The number of rotatable bonds is 5. The second kappa shape index (κ2) is 7.63. The van der Waals surface area contributed by atoms with Crippen molar-refractivity contribution in [2.45, 2.75) is 45.1 Å². The summed E-state index contributed by atoms with van der Waals surface area (Å²) >= 11 is 0. The number of nitrogens with zero attached hydrogens (tertiary/aromatic N) is 1. The van der Waals surface area contributed by atoms with Crippen LogP contribution >= 0.6 is 0 Å². The fourth-order valence-electron chi connectivity index (χ4n) is 3.31. The average Bonchev–Trinajstić information content (AvgIpc) is 2.45. The molecule has 0 spiro atoms. The zero-order valence-corrected chi connectivity index (χ0v) is 15.7. The molecule has 2 N–H and O–H groups in total. The van der Waals surface area contributed by atoms with E-state index in [2.05, 4.69) is 10.0 Å². The molecule has 134 valence electrons. The van der Waals surface area contributed by atoms with Gasteiger partial charge in [0, 0.05) is 38.6 Å². The van der Waals surface area contributed by atoms with Gasteiger partial charge in [-0.1, -0.05) is 17.7 Å². The predicted octanol–water partition coefficient (Wildman–Crippen LogP) is 1.10. The first-order chi connectivity index (χ1) is 11.2. The third kappa shape index (κ3) is 4.34. The molecule has 1 atom stereocenters. The van der Waals surface area contributed by atoms with Gasteiger partial charge in [0.15, 0.2) is 0 Å². The van der Waals surface area contributed by atoms with E-state index < -0.39 is 10.0 Å². The van der Waals surface area contributed by atoms with E-state index in [1.54, 1.807) is 13.8 Å². The maximum Gasteiger partial charge on any atom is 0.241 e. The Morgan fingerprint density at radius 2 is 1.92 bits per heavy atom. The lowest BCUT2D eigenvalue weighted by Crippen LogP contribution is -2.52. The molecule has 1 aliphatic heterocycles. The van der Waals surface area contributed by atoms with Crippen molar-refractivity contribution < 1.29 is 13.2 Å². The lowest BCUT2D eigenvalue weighted by Gasteiger charge is -2.34. The molecule has 24 heavy (non-hydrogen) atoms. The Morgan fingerprint density at radius 3 is 2.50 bits per heavy atom. The highest BCUT2D eigenvalue weighted by molar-refractivity contribution is 7.89. The van der Waals surface area contributed by atoms with E-state index >= 15 is 0 Å². The van der Waals surface area contributed by atoms with Crippen LogP contribution in [0.4, 0.5) is 0 Å². The van der Waals surface area contributed by atoms with Crippen LogP contribution in [-0.4, -0.2) is 51.4 Å². The molecule has 2 rings (SSSR count). The molecule has 0 aromatic heterocycles. The van der Waals surface area contributed by atoms with Crippen LogP contribution in [0.15, 0.2) is 17.0 Å². The Bertz CT molecular complexity index is 693. The molecule has 1 aliphatic rings. The average molecular weight is 353 g/mol. The van der Waals surface area contributed by atoms with Crippen molar-refractivity contribution in [2.24, 2.45) is 0 Å². The second-order valence-corrected chi connectivity index (χ2v) is 8.22. The minimum absolute atomic E-state index is 0.0101. The second-order valence-electron chi connectivity index (χ2n) is 6.52. The molecule has 7 heteroatoms. The van der Waals surface area contributed by atoms with Gasteiger partial charge in [-0.15, -0.1) is 0 Å². The van der Waals surface area contributed by atoms with Gasteiger partial charge in [0.1, 0.15) is 0 Å². The smallest absolute Gasteiger partial charge is 0.241 e. The maximum absolute atomic E-state index is 12.6. The summed E-state index contributed by atoms with van der Waals surface area (Å²) in [6.07, 6.45) is 0.174. The molecular formula is C17H27N3O3S. The summed E-state index contributed by atoms with van der Waals surface area (Å²) in [6, 6.07) is 3.86. The topological polar surface area (TPSA) is 78.5 Å². The van der Waals surface area contributed by atoms with E-state index in [0.717, 1.165) is 29.8 Å². The number of aryl methyl sites for hydroxylation is 3. The van der Waals surface area contributed by atoms with Crippen LogP contribution in [0.25, 0.3) is 0 Å². The lowest BCUT2D eigenvalue weighted by atomic mass is 10.1. The van der Waals surface area contributed by atoms with Crippen LogP contribution in [0.1, 0.15) is 30.0 Å². The first-order valence-corrected chi connectivity index (χ1v) is 9.78. The zero-order chi connectivity index (χ0) is 17.9. The first kappa shape index (κ1) is 18.9. The summed E-state index contributed by atoms with van der Waals surface area (Å²) in [5.74, 6) is -0.0101. The van der Waals surface area contributed by atoms with E-state index in [1.807, 2.05) is 30.9 Å². The van der Waals surface area contributed by atoms with Crippen LogP contribution in [0.3, 0.4) is 0 Å². The van der Waals surface area contributed by atoms with Gasteiger partial charge in [-0.2, -0.15) is 0 Å². The number of sulfonamides is 1. The van der Waals surface area contributed by atoms with Crippen molar-refractivity contribution in [2.75, 3.05) is 26.2 Å². The molecule has 0 saturated carbocycles. The van der Waals surface area contributed by atoms with Crippen molar-refractivity contribution in [1.82, 2.24) is 14.9 Å². The van der Waals surface area contributed by atoms with Crippen LogP contribution in [0.2, 0.25) is 0 Å². The van der Waals surface area contributed by atoms with Crippen molar-refractivity contribution in [3.63, 3.8) is 0 Å². The summed E-state index contributed by atoms with van der Waals surface area (Å²) in [6.45, 7) is 9.87. The quantitative estimate of drug-likeness (QED) is 0.831. The van der Waals surface area contributed by atoms with Gasteiger partial charge < -0.3 is 10.2 Å². The summed E-state index contributed by atoms with van der Waals surface area (Å²) in [5.41, 5.74) is 2.48. The molecular weight excluding hydrogens is 326 g/mol. The SMILES string of the molecule is Cc1cc(C)c(S(=O)(=O)NCCC(=O)N2CCNC[C@H]2C)c(C)c1. The largest absolute Gasteiger partial charge is 0.337 e. The highest BCUT2D eigenvalue weighted by Crippen LogP contribution is 2.21. The summed E-state index contributed by atoms with van der Waals surface area (Å²) in [7, 11) is -3.61. The van der Waals surface area contributed by atoms with Crippen molar-refractivity contribution in [3.8, 4) is 0 Å². The Labute approximate surface area is 144 Å². The van der Waals surface area contributed by atoms with Crippen molar-refractivity contribution >= 4 is 15.9 Å². The Hall–Kier alpha value is -1.44. The van der Waals surface area contributed by atoms with E-state index in [1.165, 1.54) is 0 Å². The molecule has 1 fully saturated rings. The monoisotopic (exact) mass is 353 g/mol. The van der Waals surface area contributed by atoms with Gasteiger partial charge in [-0.25, -0.2) is 13.1 Å². The standard InChI is InChI=1S/C17H27N3O3S/c1-12-9-13(2)17(14(3)10-12)24(22,23)19-6-5-16(21)20-8-7-18-11-15(20)4/h9-10,15,18-19H,5-8,11H2,1-4H3/t15-/m1/s1. The van der Waals surface area contributed by atoms with Crippen LogP contribution in [0.5, 0.6) is 0 Å². The Balaban J connectivity index is 2.00. The normalized spacial score (nSPS) is 18.7. The molecule has 1 saturated heterocycles. The molecule has 6 nitrogen and oxygen atoms in total. The van der Waals surface area contributed by atoms with Gasteiger partial charge in [-0.3, -0.25) is 4.79 Å². The Kier molecular flexibility index (Phi) is 6.01. The number of hydrogen-bond donors (Lipinski definition) is 2. The van der Waals surface area contributed by atoms with E-state index in [0.29, 0.717) is 11.4 Å². The van der Waals surface area contributed by atoms with E-state index in [4.69, 9.17) is 0 Å². The highest BCUT2D eigenvalue weighted by Gasteiger charge is 2.24. The molecule has 1 aromatic carbocycles. The van der Waals surface area contributed by atoms with Gasteiger partial charge in [0.25, 0.3) is 0 Å². The fraction of sp³-hybridized carbons (Fsp3) is 0.588. The summed E-state index contributed by atoms with van der Waals surface area (Å²) in [5, 5.41) is 3.23. The maximum atomic E-state index is 12.6. The van der Waals surface area contributed by atoms with E-state index in [9.17, 15) is 13.2 Å². The number of amides is 1. The van der Waals surface area contributed by atoms with Crippen LogP contribution < -0.4 is 10.0 Å². The number of hydrogen-bond acceptors (Lipinski definition) is 4. The van der Waals surface area contributed by atoms with Crippen molar-refractivity contribution in [3.05, 3.63) is 28.8 Å².